The van der Waals surface area contributed by atoms with Crippen molar-refractivity contribution in [1.82, 2.24) is 4.90 Å². The molecule has 2 heterocycles. The molecule has 6 heteroatoms. The third-order valence-corrected chi connectivity index (χ3v) is 3.72. The van der Waals surface area contributed by atoms with E-state index in [1.54, 1.807) is 0 Å². The van der Waals surface area contributed by atoms with E-state index in [1.807, 2.05) is 0 Å². The van der Waals surface area contributed by atoms with Crippen molar-refractivity contribution in [3.05, 3.63) is 0 Å². The Morgan fingerprint density at radius 3 is 2.67 bits per heavy atom. The summed E-state index contributed by atoms with van der Waals surface area (Å²) in [6, 6.07) is -0.688. The Bertz CT molecular complexity index is 334. The first-order valence-corrected chi connectivity index (χ1v) is 6.52. The normalized spacial score (nSPS) is 32.5. The summed E-state index contributed by atoms with van der Waals surface area (Å²) in [4.78, 5) is 24.9. The molecule has 2 saturated heterocycles. The number of aliphatic carboxylic acids is 1. The summed E-state index contributed by atoms with van der Waals surface area (Å²) in [5.41, 5.74) is 5.51. The molecule has 3 N–H and O–H groups in total. The zero-order valence-corrected chi connectivity index (χ0v) is 10.4. The van der Waals surface area contributed by atoms with Gasteiger partial charge in [0.05, 0.1) is 6.10 Å². The maximum atomic E-state index is 12.3. The molecule has 0 aliphatic carbocycles. The summed E-state index contributed by atoms with van der Waals surface area (Å²) in [5, 5.41) is 9.14. The van der Waals surface area contributed by atoms with Gasteiger partial charge in [0.15, 0.2) is 0 Å². The number of rotatable bonds is 3. The third-order valence-electron chi connectivity index (χ3n) is 3.72. The predicted molar refractivity (Wildman–Crippen MR) is 63.9 cm³/mol. The van der Waals surface area contributed by atoms with E-state index in [0.717, 1.165) is 19.3 Å². The first-order valence-electron chi connectivity index (χ1n) is 6.52. The van der Waals surface area contributed by atoms with Crippen LogP contribution in [0.5, 0.6) is 0 Å². The zero-order chi connectivity index (χ0) is 13.1. The van der Waals surface area contributed by atoms with Crippen LogP contribution in [0.4, 0.5) is 0 Å². The van der Waals surface area contributed by atoms with Crippen LogP contribution in [-0.4, -0.2) is 53.2 Å². The first-order chi connectivity index (χ1) is 8.63. The Kier molecular flexibility index (Phi) is 4.19. The lowest BCUT2D eigenvalue weighted by Crippen LogP contribution is -2.51. The van der Waals surface area contributed by atoms with Gasteiger partial charge in [0, 0.05) is 13.1 Å². The molecule has 3 atom stereocenters. The second-order valence-electron chi connectivity index (χ2n) is 4.94. The summed E-state index contributed by atoms with van der Waals surface area (Å²) >= 11 is 0. The van der Waals surface area contributed by atoms with Crippen molar-refractivity contribution >= 4 is 11.9 Å². The molecular formula is C12H20N2O4. The number of carboxylic acids is 1. The minimum atomic E-state index is -0.920. The monoisotopic (exact) mass is 256 g/mol. The Morgan fingerprint density at radius 2 is 2.06 bits per heavy atom. The summed E-state index contributed by atoms with van der Waals surface area (Å²) < 4.78 is 5.54. The van der Waals surface area contributed by atoms with Crippen LogP contribution in [0.1, 0.15) is 32.1 Å². The topological polar surface area (TPSA) is 92.9 Å². The van der Waals surface area contributed by atoms with Crippen LogP contribution in [0.2, 0.25) is 0 Å². The zero-order valence-electron chi connectivity index (χ0n) is 10.4. The average Bonchev–Trinajstić information content (AvgIpc) is 2.86. The SMILES string of the molecule is NCC1CCC(C(=O)N2CCCC[C@@H]2C(=O)O)O1. The van der Waals surface area contributed by atoms with Crippen molar-refractivity contribution in [3.8, 4) is 0 Å². The van der Waals surface area contributed by atoms with Crippen LogP contribution in [0.25, 0.3) is 0 Å². The van der Waals surface area contributed by atoms with Crippen molar-refractivity contribution in [2.24, 2.45) is 5.73 Å². The third kappa shape index (κ3) is 2.64. The number of hydrogen-bond acceptors (Lipinski definition) is 4. The minimum Gasteiger partial charge on any atom is -0.480 e. The van der Waals surface area contributed by atoms with Gasteiger partial charge in [0.25, 0.3) is 5.91 Å². The van der Waals surface area contributed by atoms with Gasteiger partial charge in [0.1, 0.15) is 12.1 Å². The lowest BCUT2D eigenvalue weighted by atomic mass is 10.0. The predicted octanol–water partition coefficient (Wildman–Crippen LogP) is -0.0416. The molecule has 0 spiro atoms. The number of nitrogens with zero attached hydrogens (tertiary/aromatic N) is 1. The summed E-state index contributed by atoms with van der Waals surface area (Å²) in [7, 11) is 0. The van der Waals surface area contributed by atoms with Crippen molar-refractivity contribution < 1.29 is 19.4 Å². The Balaban J connectivity index is 2.00. The number of amides is 1. The van der Waals surface area contributed by atoms with Crippen molar-refractivity contribution in [3.63, 3.8) is 0 Å². The Morgan fingerprint density at radius 1 is 1.28 bits per heavy atom. The average molecular weight is 256 g/mol. The van der Waals surface area contributed by atoms with Crippen LogP contribution in [-0.2, 0) is 14.3 Å². The fraction of sp³-hybridized carbons (Fsp3) is 0.833. The van der Waals surface area contributed by atoms with Crippen molar-refractivity contribution in [2.75, 3.05) is 13.1 Å². The van der Waals surface area contributed by atoms with Crippen LogP contribution >= 0.6 is 0 Å². The standard InChI is InChI=1S/C12H20N2O4/c13-7-8-4-5-10(18-8)11(15)14-6-2-1-3-9(14)12(16)17/h8-10H,1-7,13H2,(H,16,17)/t8?,9-,10?/m1/s1. The molecule has 18 heavy (non-hydrogen) atoms. The van der Waals surface area contributed by atoms with E-state index in [9.17, 15) is 9.59 Å². The van der Waals surface area contributed by atoms with E-state index in [0.29, 0.717) is 25.9 Å². The summed E-state index contributed by atoms with van der Waals surface area (Å²) in [6.07, 6.45) is 3.11. The molecule has 2 aliphatic rings. The van der Waals surface area contributed by atoms with Gasteiger partial charge in [-0.25, -0.2) is 4.79 Å². The van der Waals surface area contributed by atoms with Crippen LogP contribution in [0, 0.1) is 0 Å². The number of likely N-dealkylation sites (tertiary alicyclic amines) is 1. The quantitative estimate of drug-likeness (QED) is 0.739. The molecule has 102 valence electrons. The summed E-state index contributed by atoms with van der Waals surface area (Å²) in [5.74, 6) is -1.10. The van der Waals surface area contributed by atoms with Gasteiger partial charge in [0.2, 0.25) is 0 Å². The van der Waals surface area contributed by atoms with Gasteiger partial charge in [-0.3, -0.25) is 4.79 Å². The van der Waals surface area contributed by atoms with E-state index < -0.39 is 18.1 Å². The molecule has 0 aromatic carbocycles. The highest BCUT2D eigenvalue weighted by Gasteiger charge is 2.38. The van der Waals surface area contributed by atoms with Crippen molar-refractivity contribution in [1.29, 1.82) is 0 Å². The fourth-order valence-corrected chi connectivity index (χ4v) is 2.70. The fourth-order valence-electron chi connectivity index (χ4n) is 2.70. The van der Waals surface area contributed by atoms with E-state index >= 15 is 0 Å². The Labute approximate surface area is 106 Å². The summed E-state index contributed by atoms with van der Waals surface area (Å²) in [6.45, 7) is 0.926. The molecule has 6 nitrogen and oxygen atoms in total. The maximum absolute atomic E-state index is 12.3. The molecule has 0 aromatic rings. The number of piperidine rings is 1. The number of carbonyl (C=O) groups excluding carboxylic acids is 1. The molecule has 0 aromatic heterocycles. The minimum absolute atomic E-state index is 0.0629. The number of hydrogen-bond donors (Lipinski definition) is 2. The lowest BCUT2D eigenvalue weighted by molar-refractivity contribution is -0.157. The van der Waals surface area contributed by atoms with Gasteiger partial charge < -0.3 is 20.5 Å². The van der Waals surface area contributed by atoms with Crippen LogP contribution in [0.3, 0.4) is 0 Å². The molecule has 0 radical (unpaired) electrons. The highest BCUT2D eigenvalue weighted by molar-refractivity contribution is 5.86. The van der Waals surface area contributed by atoms with E-state index in [4.69, 9.17) is 15.6 Å². The first kappa shape index (κ1) is 13.3. The van der Waals surface area contributed by atoms with Crippen LogP contribution < -0.4 is 5.73 Å². The highest BCUT2D eigenvalue weighted by atomic mass is 16.5. The van der Waals surface area contributed by atoms with Gasteiger partial charge in [-0.15, -0.1) is 0 Å². The molecule has 2 aliphatic heterocycles. The molecule has 2 unspecified atom stereocenters. The largest absolute Gasteiger partial charge is 0.480 e. The van der Waals surface area contributed by atoms with Gasteiger partial charge in [-0.2, -0.15) is 0 Å². The smallest absolute Gasteiger partial charge is 0.326 e. The van der Waals surface area contributed by atoms with E-state index in [1.165, 1.54) is 4.90 Å². The molecular weight excluding hydrogens is 236 g/mol. The number of carbonyl (C=O) groups is 2. The Hall–Kier alpha value is -1.14. The van der Waals surface area contributed by atoms with E-state index in [-0.39, 0.29) is 12.0 Å². The molecule has 2 rings (SSSR count). The number of ether oxygens (including phenoxy) is 1. The number of nitrogens with two attached hydrogens (primary N) is 1. The van der Waals surface area contributed by atoms with Crippen LogP contribution in [0.15, 0.2) is 0 Å². The van der Waals surface area contributed by atoms with Gasteiger partial charge >= 0.3 is 5.97 Å². The van der Waals surface area contributed by atoms with Gasteiger partial charge in [-0.1, -0.05) is 0 Å². The molecule has 1 amide bonds. The molecule has 0 bridgehead atoms. The molecule has 0 saturated carbocycles. The van der Waals surface area contributed by atoms with Gasteiger partial charge in [-0.05, 0) is 32.1 Å². The van der Waals surface area contributed by atoms with E-state index in [2.05, 4.69) is 0 Å². The molecule has 2 fully saturated rings. The second kappa shape index (κ2) is 5.67. The lowest BCUT2D eigenvalue weighted by Gasteiger charge is -2.34. The maximum Gasteiger partial charge on any atom is 0.326 e. The van der Waals surface area contributed by atoms with Crippen molar-refractivity contribution in [2.45, 2.75) is 50.4 Å². The number of carboxylic acid groups (broad SMARTS) is 1. The highest BCUT2D eigenvalue weighted by Crippen LogP contribution is 2.24. The second-order valence-corrected chi connectivity index (χ2v) is 4.94.